The molecule has 0 atom stereocenters. The number of nitro benzene ring substituents is 1. The molecule has 1 aromatic rings. The fraction of sp³-hybridized carbons (Fsp3) is 0.750. The van der Waals surface area contributed by atoms with Crippen molar-refractivity contribution in [2.24, 2.45) is 0 Å². The summed E-state index contributed by atoms with van der Waals surface area (Å²) in [6, 6.07) is 7.21. The molecule has 0 bridgehead atoms. The first-order valence-electron chi connectivity index (χ1n) is 15.5. The van der Waals surface area contributed by atoms with Crippen LogP contribution in [0.3, 0.4) is 0 Å². The first-order chi connectivity index (χ1) is 20.4. The van der Waals surface area contributed by atoms with Gasteiger partial charge in [-0.3, -0.25) is 10.1 Å². The number of carbonyl (C=O) groups is 1. The highest BCUT2D eigenvalue weighted by Gasteiger charge is 2.42. The van der Waals surface area contributed by atoms with Gasteiger partial charge in [0.15, 0.2) is 8.24 Å². The Kier molecular flexibility index (Phi) is 18.0. The van der Waals surface area contributed by atoms with E-state index in [1.807, 2.05) is 51.0 Å². The second-order valence-corrected chi connectivity index (χ2v) is 21.0. The lowest BCUT2D eigenvalue weighted by atomic mass is 10.3. The lowest BCUT2D eigenvalue weighted by molar-refractivity contribution is -0.384. The van der Waals surface area contributed by atoms with Crippen molar-refractivity contribution in [1.29, 1.82) is 0 Å². The minimum absolute atomic E-state index is 0.0169. The van der Waals surface area contributed by atoms with E-state index in [0.29, 0.717) is 83.3 Å². The summed E-state index contributed by atoms with van der Waals surface area (Å²) in [5, 5.41) is 11.3. The van der Waals surface area contributed by atoms with E-state index in [1.54, 1.807) is 12.1 Å². The molecular weight excluding hydrogens is 607 g/mol. The van der Waals surface area contributed by atoms with E-state index in [-0.39, 0.29) is 11.7 Å². The van der Waals surface area contributed by atoms with E-state index in [2.05, 4.69) is 19.6 Å². The zero-order valence-corrected chi connectivity index (χ0v) is 30.8. The van der Waals surface area contributed by atoms with Gasteiger partial charge >= 0.3 is 23.6 Å². The van der Waals surface area contributed by atoms with Gasteiger partial charge in [0.25, 0.3) is 5.69 Å². The summed E-state index contributed by atoms with van der Waals surface area (Å²) in [7, 11) is -8.07. The standard InChI is InChI=1S/C28H55N3O9Si3/c1-10-35-42(36-11-2,37-12-3)24-16-22-29(23-17-25-43(38-13-4,39-14-5)40-15-6)28(32)30(41(7,8)9)26-18-20-27(21-19-26)31(33)34/h18-21H,10-17,22-25H2,1-9H3. The molecule has 0 aliphatic heterocycles. The van der Waals surface area contributed by atoms with E-state index in [4.69, 9.17) is 26.6 Å². The third kappa shape index (κ3) is 12.7. The zero-order chi connectivity index (χ0) is 32.5. The smallest absolute Gasteiger partial charge is 0.374 e. The van der Waals surface area contributed by atoms with E-state index in [1.165, 1.54) is 12.1 Å². The summed E-state index contributed by atoms with van der Waals surface area (Å²) >= 11 is 0. The largest absolute Gasteiger partial charge is 0.500 e. The van der Waals surface area contributed by atoms with Gasteiger partial charge in [0.2, 0.25) is 0 Å². The van der Waals surface area contributed by atoms with Crippen molar-refractivity contribution in [3.63, 3.8) is 0 Å². The Labute approximate surface area is 261 Å². The van der Waals surface area contributed by atoms with Crippen LogP contribution in [0.5, 0.6) is 0 Å². The Balaban J connectivity index is 3.35. The van der Waals surface area contributed by atoms with E-state index in [0.717, 1.165) is 0 Å². The van der Waals surface area contributed by atoms with Crippen LogP contribution in [-0.4, -0.2) is 94.4 Å². The molecule has 2 amide bonds. The number of hydrogen-bond donors (Lipinski definition) is 0. The molecule has 0 spiro atoms. The quantitative estimate of drug-likeness (QED) is 0.0731. The number of anilines is 1. The van der Waals surface area contributed by atoms with Crippen LogP contribution >= 0.6 is 0 Å². The molecule has 0 heterocycles. The average molecular weight is 662 g/mol. The number of urea groups is 1. The monoisotopic (exact) mass is 661 g/mol. The van der Waals surface area contributed by atoms with Gasteiger partial charge in [-0.1, -0.05) is 19.6 Å². The molecule has 15 heteroatoms. The van der Waals surface area contributed by atoms with Crippen molar-refractivity contribution in [3.05, 3.63) is 34.4 Å². The van der Waals surface area contributed by atoms with Crippen LogP contribution in [0.4, 0.5) is 16.2 Å². The first kappa shape index (κ1) is 39.3. The van der Waals surface area contributed by atoms with E-state index >= 15 is 0 Å². The van der Waals surface area contributed by atoms with Gasteiger partial charge in [0, 0.05) is 82.6 Å². The summed E-state index contributed by atoms with van der Waals surface area (Å²) in [6.45, 7) is 21.6. The molecule has 1 rings (SSSR count). The van der Waals surface area contributed by atoms with E-state index < -0.39 is 30.8 Å². The highest BCUT2D eigenvalue weighted by molar-refractivity contribution is 6.83. The highest BCUT2D eigenvalue weighted by atomic mass is 28.4. The van der Waals surface area contributed by atoms with Crippen LogP contribution in [0, 0.1) is 10.1 Å². The third-order valence-corrected chi connectivity index (χ3v) is 14.6. The Morgan fingerprint density at radius 1 is 0.698 bits per heavy atom. The predicted molar refractivity (Wildman–Crippen MR) is 176 cm³/mol. The lowest BCUT2D eigenvalue weighted by Gasteiger charge is -2.39. The van der Waals surface area contributed by atoms with Crippen LogP contribution < -0.4 is 4.57 Å². The summed E-state index contributed by atoms with van der Waals surface area (Å²) in [5.41, 5.74) is 0.625. The molecule has 248 valence electrons. The molecule has 12 nitrogen and oxygen atoms in total. The van der Waals surface area contributed by atoms with Gasteiger partial charge in [-0.25, -0.2) is 4.79 Å². The molecule has 0 aromatic heterocycles. The number of rotatable bonds is 23. The molecule has 0 N–H and O–H groups in total. The molecule has 0 fully saturated rings. The Bertz CT molecular complexity index is 886. The summed E-state index contributed by atoms with van der Waals surface area (Å²) in [5.74, 6) is 0. The Hall–Kier alpha value is -1.70. The maximum absolute atomic E-state index is 14.4. The molecule has 1 aromatic carbocycles. The molecule has 0 saturated carbocycles. The van der Waals surface area contributed by atoms with Crippen molar-refractivity contribution in [1.82, 2.24) is 4.90 Å². The van der Waals surface area contributed by atoms with Crippen LogP contribution in [0.1, 0.15) is 54.4 Å². The molecule has 0 aliphatic carbocycles. The Morgan fingerprint density at radius 2 is 1.05 bits per heavy atom. The van der Waals surface area contributed by atoms with Gasteiger partial charge in [-0.2, -0.15) is 0 Å². The number of carbonyl (C=O) groups excluding carboxylic acids is 1. The minimum Gasteiger partial charge on any atom is -0.374 e. The molecule has 0 saturated heterocycles. The number of nitro groups is 1. The normalized spacial score (nSPS) is 12.4. The molecule has 43 heavy (non-hydrogen) atoms. The number of benzene rings is 1. The van der Waals surface area contributed by atoms with Crippen LogP contribution in [-0.2, 0) is 26.6 Å². The number of non-ortho nitro benzene ring substituents is 1. The predicted octanol–water partition coefficient (Wildman–Crippen LogP) is 6.54. The molecule has 0 aliphatic rings. The number of hydrogen-bond acceptors (Lipinski definition) is 9. The SMILES string of the molecule is CCO[Si](CCCN(CCC[Si](OCC)(OCC)OCC)C(=O)N(c1ccc([N+](=O)[O-])cc1)[Si](C)(C)C)(OCC)OCC. The number of nitrogens with zero attached hydrogens (tertiary/aromatic N) is 3. The second kappa shape index (κ2) is 19.6. The van der Waals surface area contributed by atoms with Gasteiger partial charge in [-0.05, 0) is 66.5 Å². The highest BCUT2D eigenvalue weighted by Crippen LogP contribution is 2.27. The lowest BCUT2D eigenvalue weighted by Crippen LogP contribution is -2.56. The van der Waals surface area contributed by atoms with Crippen molar-refractivity contribution in [2.75, 3.05) is 57.3 Å². The summed E-state index contributed by atoms with van der Waals surface area (Å²) < 4.78 is 38.1. The third-order valence-electron chi connectivity index (χ3n) is 6.46. The molecular formula is C28H55N3O9Si3. The van der Waals surface area contributed by atoms with E-state index in [9.17, 15) is 14.9 Å². The summed E-state index contributed by atoms with van der Waals surface area (Å²) in [4.78, 5) is 27.0. The fourth-order valence-electron chi connectivity index (χ4n) is 4.93. The van der Waals surface area contributed by atoms with Crippen LogP contribution in [0.2, 0.25) is 31.7 Å². The zero-order valence-electron chi connectivity index (χ0n) is 27.8. The minimum atomic E-state index is -2.90. The van der Waals surface area contributed by atoms with Gasteiger partial charge < -0.3 is 36.0 Å². The van der Waals surface area contributed by atoms with Crippen molar-refractivity contribution >= 4 is 43.3 Å². The van der Waals surface area contributed by atoms with Gasteiger partial charge in [0.1, 0.15) is 0 Å². The summed E-state index contributed by atoms with van der Waals surface area (Å²) in [6.07, 6.45) is 1.26. The maximum atomic E-state index is 14.4. The fourth-order valence-corrected chi connectivity index (χ4v) is 11.8. The number of amides is 2. The first-order valence-corrected chi connectivity index (χ1v) is 22.9. The maximum Gasteiger partial charge on any atom is 0.500 e. The van der Waals surface area contributed by atoms with Crippen molar-refractivity contribution in [2.45, 2.75) is 86.1 Å². The van der Waals surface area contributed by atoms with Crippen LogP contribution in [0.25, 0.3) is 0 Å². The topological polar surface area (TPSA) is 122 Å². The van der Waals surface area contributed by atoms with Crippen molar-refractivity contribution in [3.8, 4) is 0 Å². The van der Waals surface area contributed by atoms with Crippen molar-refractivity contribution < 1.29 is 36.3 Å². The Morgan fingerprint density at radius 3 is 1.33 bits per heavy atom. The van der Waals surface area contributed by atoms with Gasteiger partial charge in [0.05, 0.1) is 4.92 Å². The van der Waals surface area contributed by atoms with Crippen LogP contribution in [0.15, 0.2) is 24.3 Å². The average Bonchev–Trinajstić information content (AvgIpc) is 2.92. The molecule has 0 radical (unpaired) electrons. The van der Waals surface area contributed by atoms with Gasteiger partial charge in [-0.15, -0.1) is 0 Å². The molecule has 0 unspecified atom stereocenters. The second-order valence-electron chi connectivity index (χ2n) is 10.7.